The molecule has 0 aromatic heterocycles. The first-order valence-corrected chi connectivity index (χ1v) is 8.66. The predicted octanol–water partition coefficient (Wildman–Crippen LogP) is 2.80. The van der Waals surface area contributed by atoms with Crippen LogP contribution in [0.1, 0.15) is 19.4 Å². The fourth-order valence-corrected chi connectivity index (χ4v) is 2.45. The van der Waals surface area contributed by atoms with Crippen LogP contribution in [0.15, 0.2) is 48.5 Å². The van der Waals surface area contributed by atoms with Crippen LogP contribution in [0.3, 0.4) is 0 Å². The van der Waals surface area contributed by atoms with Gasteiger partial charge in [0.2, 0.25) is 0 Å². The van der Waals surface area contributed by atoms with Crippen LogP contribution >= 0.6 is 0 Å². The average Bonchev–Trinajstić information content (AvgIpc) is 2.67. The highest BCUT2D eigenvalue weighted by Gasteiger charge is 2.14. The zero-order chi connectivity index (χ0) is 18.9. The van der Waals surface area contributed by atoms with Gasteiger partial charge in [-0.1, -0.05) is 18.2 Å². The number of nitrogens with zero attached hydrogens (tertiary/aromatic N) is 1. The topological polar surface area (TPSA) is 70.7 Å². The highest BCUT2D eigenvalue weighted by Crippen LogP contribution is 2.19. The second-order valence-electron chi connectivity index (χ2n) is 5.74. The van der Waals surface area contributed by atoms with Gasteiger partial charge >= 0.3 is 11.8 Å². The van der Waals surface area contributed by atoms with Gasteiger partial charge in [0.15, 0.2) is 0 Å². The summed E-state index contributed by atoms with van der Waals surface area (Å²) in [6, 6.07) is 14.7. The van der Waals surface area contributed by atoms with Gasteiger partial charge in [0, 0.05) is 31.5 Å². The maximum Gasteiger partial charge on any atom is 0.313 e. The van der Waals surface area contributed by atoms with E-state index < -0.39 is 11.8 Å². The zero-order valence-corrected chi connectivity index (χ0v) is 15.4. The quantitative estimate of drug-likeness (QED) is 0.749. The average molecular weight is 355 g/mol. The molecule has 2 amide bonds. The summed E-state index contributed by atoms with van der Waals surface area (Å²) >= 11 is 0. The number of amides is 2. The highest BCUT2D eigenvalue weighted by atomic mass is 16.5. The number of benzene rings is 2. The minimum Gasteiger partial charge on any atom is -0.494 e. The number of carbonyl (C=O) groups excluding carboxylic acids is 2. The van der Waals surface area contributed by atoms with Crippen LogP contribution in [0.2, 0.25) is 0 Å². The summed E-state index contributed by atoms with van der Waals surface area (Å²) < 4.78 is 5.34. The molecule has 0 radical (unpaired) electrons. The van der Waals surface area contributed by atoms with Crippen LogP contribution in [0, 0.1) is 0 Å². The van der Waals surface area contributed by atoms with Crippen LogP contribution in [-0.2, 0) is 16.1 Å². The maximum atomic E-state index is 12.1. The van der Waals surface area contributed by atoms with Crippen LogP contribution in [0.25, 0.3) is 0 Å². The van der Waals surface area contributed by atoms with Gasteiger partial charge in [0.1, 0.15) is 5.75 Å². The molecule has 2 aromatic carbocycles. The first-order valence-electron chi connectivity index (χ1n) is 8.66. The summed E-state index contributed by atoms with van der Waals surface area (Å²) in [5, 5.41) is 5.25. The summed E-state index contributed by atoms with van der Waals surface area (Å²) in [5.41, 5.74) is 2.53. The third-order valence-corrected chi connectivity index (χ3v) is 3.95. The summed E-state index contributed by atoms with van der Waals surface area (Å²) in [5.74, 6) is -0.657. The van der Waals surface area contributed by atoms with Crippen LogP contribution in [0.4, 0.5) is 11.4 Å². The highest BCUT2D eigenvalue weighted by molar-refractivity contribution is 6.39. The summed E-state index contributed by atoms with van der Waals surface area (Å²) in [4.78, 5) is 26.2. The van der Waals surface area contributed by atoms with E-state index in [4.69, 9.17) is 4.74 Å². The van der Waals surface area contributed by atoms with Crippen LogP contribution in [-0.4, -0.2) is 32.0 Å². The second-order valence-corrected chi connectivity index (χ2v) is 5.74. The van der Waals surface area contributed by atoms with E-state index in [9.17, 15) is 9.59 Å². The largest absolute Gasteiger partial charge is 0.494 e. The molecule has 138 valence electrons. The Morgan fingerprint density at radius 3 is 2.35 bits per heavy atom. The third kappa shape index (κ3) is 5.24. The Morgan fingerprint density at radius 2 is 1.69 bits per heavy atom. The Bertz CT molecular complexity index is 744. The van der Waals surface area contributed by atoms with Crippen molar-refractivity contribution in [3.8, 4) is 5.75 Å². The van der Waals surface area contributed by atoms with Gasteiger partial charge in [-0.05, 0) is 49.7 Å². The van der Waals surface area contributed by atoms with Crippen molar-refractivity contribution in [3.05, 3.63) is 54.1 Å². The molecular formula is C20H25N3O3. The lowest BCUT2D eigenvalue weighted by molar-refractivity contribution is -0.136. The van der Waals surface area contributed by atoms with E-state index in [1.807, 2.05) is 38.2 Å². The minimum atomic E-state index is -0.699. The Hall–Kier alpha value is -3.02. The first kappa shape index (κ1) is 19.3. The molecule has 0 aliphatic carbocycles. The monoisotopic (exact) mass is 355 g/mol. The van der Waals surface area contributed by atoms with Crippen molar-refractivity contribution in [3.63, 3.8) is 0 Å². The lowest BCUT2D eigenvalue weighted by Gasteiger charge is -2.20. The lowest BCUT2D eigenvalue weighted by Crippen LogP contribution is -2.35. The molecule has 0 aliphatic rings. The van der Waals surface area contributed by atoms with Gasteiger partial charge < -0.3 is 20.3 Å². The summed E-state index contributed by atoms with van der Waals surface area (Å²) in [6.45, 7) is 5.66. The van der Waals surface area contributed by atoms with Gasteiger partial charge in [0.25, 0.3) is 0 Å². The van der Waals surface area contributed by atoms with E-state index in [0.29, 0.717) is 18.0 Å². The zero-order valence-electron chi connectivity index (χ0n) is 15.4. The third-order valence-electron chi connectivity index (χ3n) is 3.95. The van der Waals surface area contributed by atoms with Crippen molar-refractivity contribution in [1.29, 1.82) is 0 Å². The molecule has 0 atom stereocenters. The number of anilines is 2. The number of hydrogen-bond acceptors (Lipinski definition) is 4. The molecule has 0 aliphatic heterocycles. The molecule has 2 N–H and O–H groups in total. The van der Waals surface area contributed by atoms with E-state index in [0.717, 1.165) is 17.8 Å². The van der Waals surface area contributed by atoms with E-state index >= 15 is 0 Å². The first-order chi connectivity index (χ1) is 12.5. The number of carbonyl (C=O) groups is 2. The molecule has 6 nitrogen and oxygen atoms in total. The molecule has 0 saturated carbocycles. The minimum absolute atomic E-state index is 0.288. The Morgan fingerprint density at radius 1 is 1.00 bits per heavy atom. The van der Waals surface area contributed by atoms with E-state index in [-0.39, 0.29) is 6.54 Å². The van der Waals surface area contributed by atoms with Gasteiger partial charge in [-0.15, -0.1) is 0 Å². The number of nitrogens with one attached hydrogen (secondary N) is 2. The van der Waals surface area contributed by atoms with Gasteiger partial charge in [-0.2, -0.15) is 0 Å². The maximum absolute atomic E-state index is 12.1. The van der Waals surface area contributed by atoms with E-state index in [1.165, 1.54) is 0 Å². The summed E-state index contributed by atoms with van der Waals surface area (Å²) in [6.07, 6.45) is 0. The summed E-state index contributed by atoms with van der Waals surface area (Å²) in [7, 11) is 1.99. The molecule has 2 aromatic rings. The van der Waals surface area contributed by atoms with Crippen molar-refractivity contribution in [2.24, 2.45) is 0 Å². The van der Waals surface area contributed by atoms with Gasteiger partial charge in [0.05, 0.1) is 6.61 Å². The number of para-hydroxylation sites is 1. The molecule has 0 heterocycles. The number of ether oxygens (including phenoxy) is 1. The molecular weight excluding hydrogens is 330 g/mol. The van der Waals surface area contributed by atoms with Crippen molar-refractivity contribution in [2.75, 3.05) is 30.4 Å². The molecule has 0 spiro atoms. The van der Waals surface area contributed by atoms with Gasteiger partial charge in [-0.3, -0.25) is 9.59 Å². The lowest BCUT2D eigenvalue weighted by atomic mass is 10.1. The Balaban J connectivity index is 1.92. The second kappa shape index (κ2) is 9.46. The molecule has 0 fully saturated rings. The predicted molar refractivity (Wildman–Crippen MR) is 103 cm³/mol. The number of hydrogen-bond donors (Lipinski definition) is 2. The van der Waals surface area contributed by atoms with Gasteiger partial charge in [-0.25, -0.2) is 0 Å². The number of rotatable bonds is 7. The molecule has 0 unspecified atom stereocenters. The van der Waals surface area contributed by atoms with Crippen molar-refractivity contribution in [2.45, 2.75) is 20.4 Å². The van der Waals surface area contributed by atoms with Crippen LogP contribution < -0.4 is 20.3 Å². The standard InChI is InChI=1S/C20H25N3O3/c1-4-23(3)18-9-7-6-8-15(18)14-21-19(24)20(25)22-16-10-12-17(13-11-16)26-5-2/h6-13H,4-5,14H2,1-3H3,(H,21,24)(H,22,25). The smallest absolute Gasteiger partial charge is 0.313 e. The fraction of sp³-hybridized carbons (Fsp3) is 0.300. The molecule has 26 heavy (non-hydrogen) atoms. The van der Waals surface area contributed by atoms with Crippen molar-refractivity contribution >= 4 is 23.2 Å². The fourth-order valence-electron chi connectivity index (χ4n) is 2.45. The van der Waals surface area contributed by atoms with E-state index in [1.54, 1.807) is 24.3 Å². The van der Waals surface area contributed by atoms with E-state index in [2.05, 4.69) is 22.5 Å². The van der Waals surface area contributed by atoms with Crippen molar-refractivity contribution in [1.82, 2.24) is 5.32 Å². The Kier molecular flexibility index (Phi) is 7.02. The normalized spacial score (nSPS) is 10.1. The molecule has 6 heteroatoms. The van der Waals surface area contributed by atoms with Crippen LogP contribution in [0.5, 0.6) is 5.75 Å². The molecule has 0 saturated heterocycles. The molecule has 0 bridgehead atoms. The Labute approximate surface area is 154 Å². The molecule has 2 rings (SSSR count). The van der Waals surface area contributed by atoms with Crippen molar-refractivity contribution < 1.29 is 14.3 Å². The SMILES string of the molecule is CCOc1ccc(NC(=O)C(=O)NCc2ccccc2N(C)CC)cc1.